The molecule has 1 fully saturated rings. The van der Waals surface area contributed by atoms with Crippen LogP contribution in [0.2, 0.25) is 0 Å². The summed E-state index contributed by atoms with van der Waals surface area (Å²) in [6.07, 6.45) is -0.0918. The van der Waals surface area contributed by atoms with Gasteiger partial charge in [-0.3, -0.25) is 10.1 Å². The molecule has 0 spiro atoms. The van der Waals surface area contributed by atoms with Gasteiger partial charge in [0.25, 0.3) is 5.69 Å². The second-order valence-corrected chi connectivity index (χ2v) is 4.56. The quantitative estimate of drug-likeness (QED) is 0.638. The van der Waals surface area contributed by atoms with E-state index in [-0.39, 0.29) is 11.6 Å². The average molecular weight is 265 g/mol. The van der Waals surface area contributed by atoms with Gasteiger partial charge < -0.3 is 15.3 Å². The Morgan fingerprint density at radius 2 is 2.16 bits per heavy atom. The van der Waals surface area contributed by atoms with Gasteiger partial charge >= 0.3 is 6.09 Å². The molecule has 7 nitrogen and oxygen atoms in total. The maximum Gasteiger partial charge on any atom is 0.404 e. The molecule has 102 valence electrons. The lowest BCUT2D eigenvalue weighted by molar-refractivity contribution is -0.384. The molecule has 1 aliphatic rings. The van der Waals surface area contributed by atoms with Crippen molar-refractivity contribution >= 4 is 17.5 Å². The van der Waals surface area contributed by atoms with E-state index in [1.54, 1.807) is 12.1 Å². The largest absolute Gasteiger partial charge is 0.465 e. The number of hydrogen-bond donors (Lipinski definition) is 2. The summed E-state index contributed by atoms with van der Waals surface area (Å²) < 4.78 is 0. The fourth-order valence-electron chi connectivity index (χ4n) is 2.25. The molecule has 1 unspecified atom stereocenters. The van der Waals surface area contributed by atoms with E-state index in [1.165, 1.54) is 12.1 Å². The molecule has 0 radical (unpaired) electrons. The number of nitro benzene ring substituents is 1. The monoisotopic (exact) mass is 265 g/mol. The summed E-state index contributed by atoms with van der Waals surface area (Å²) in [7, 11) is 0. The SMILES string of the molecule is O=C(O)NCC1CCN(c2ccc([N+](=O)[O-])cc2)C1. The minimum atomic E-state index is -1.01. The fraction of sp³-hybridized carbons (Fsp3) is 0.417. The van der Waals surface area contributed by atoms with Gasteiger partial charge in [0.15, 0.2) is 0 Å². The summed E-state index contributed by atoms with van der Waals surface area (Å²) in [5.74, 6) is 0.284. The van der Waals surface area contributed by atoms with Crippen LogP contribution in [0.5, 0.6) is 0 Å². The smallest absolute Gasteiger partial charge is 0.404 e. The highest BCUT2D eigenvalue weighted by Gasteiger charge is 2.23. The van der Waals surface area contributed by atoms with Crippen LogP contribution in [0.1, 0.15) is 6.42 Å². The number of nitro groups is 1. The van der Waals surface area contributed by atoms with Crippen molar-refractivity contribution in [1.82, 2.24) is 5.32 Å². The number of carbonyl (C=O) groups is 1. The molecule has 2 rings (SSSR count). The molecule has 2 N–H and O–H groups in total. The summed E-state index contributed by atoms with van der Waals surface area (Å²) in [4.78, 5) is 22.7. The highest BCUT2D eigenvalue weighted by molar-refractivity contribution is 5.64. The van der Waals surface area contributed by atoms with Crippen LogP contribution in [0, 0.1) is 16.0 Å². The van der Waals surface area contributed by atoms with Gasteiger partial charge in [0, 0.05) is 37.5 Å². The molecule has 1 heterocycles. The average Bonchev–Trinajstić information content (AvgIpc) is 2.85. The van der Waals surface area contributed by atoms with E-state index in [9.17, 15) is 14.9 Å². The Balaban J connectivity index is 1.93. The van der Waals surface area contributed by atoms with Crippen molar-refractivity contribution < 1.29 is 14.8 Å². The number of nitrogens with zero attached hydrogens (tertiary/aromatic N) is 2. The highest BCUT2D eigenvalue weighted by Crippen LogP contribution is 2.25. The molecule has 7 heteroatoms. The summed E-state index contributed by atoms with van der Waals surface area (Å²) >= 11 is 0. The van der Waals surface area contributed by atoms with Crippen molar-refractivity contribution in [2.75, 3.05) is 24.5 Å². The van der Waals surface area contributed by atoms with Crippen molar-refractivity contribution in [2.45, 2.75) is 6.42 Å². The van der Waals surface area contributed by atoms with Gasteiger partial charge in [-0.15, -0.1) is 0 Å². The van der Waals surface area contributed by atoms with Crippen LogP contribution in [0.3, 0.4) is 0 Å². The topological polar surface area (TPSA) is 95.7 Å². The zero-order chi connectivity index (χ0) is 13.8. The summed E-state index contributed by atoms with van der Waals surface area (Å²) in [5.41, 5.74) is 1.01. The molecule has 1 aromatic carbocycles. The Hall–Kier alpha value is -2.31. The first kappa shape index (κ1) is 13.1. The van der Waals surface area contributed by atoms with E-state index in [4.69, 9.17) is 5.11 Å². The molecule has 0 saturated carbocycles. The molecular weight excluding hydrogens is 250 g/mol. The van der Waals surface area contributed by atoms with Crippen LogP contribution >= 0.6 is 0 Å². The second-order valence-electron chi connectivity index (χ2n) is 4.56. The Morgan fingerprint density at radius 1 is 1.47 bits per heavy atom. The van der Waals surface area contributed by atoms with Crippen molar-refractivity contribution in [1.29, 1.82) is 0 Å². The van der Waals surface area contributed by atoms with Crippen molar-refractivity contribution in [2.24, 2.45) is 5.92 Å². The number of carboxylic acid groups (broad SMARTS) is 1. The van der Waals surface area contributed by atoms with Crippen molar-refractivity contribution in [3.05, 3.63) is 34.4 Å². The van der Waals surface area contributed by atoms with Gasteiger partial charge in [-0.25, -0.2) is 4.79 Å². The lowest BCUT2D eigenvalue weighted by Crippen LogP contribution is -2.29. The Labute approximate surface area is 110 Å². The third-order valence-electron chi connectivity index (χ3n) is 3.25. The number of anilines is 1. The number of rotatable bonds is 4. The first-order valence-electron chi connectivity index (χ1n) is 6.02. The highest BCUT2D eigenvalue weighted by atomic mass is 16.6. The minimum Gasteiger partial charge on any atom is -0.465 e. The minimum absolute atomic E-state index is 0.0760. The lowest BCUT2D eigenvalue weighted by Gasteiger charge is -2.18. The normalized spacial score (nSPS) is 18.3. The van der Waals surface area contributed by atoms with Crippen molar-refractivity contribution in [3.8, 4) is 0 Å². The van der Waals surface area contributed by atoms with Gasteiger partial charge in [-0.2, -0.15) is 0 Å². The van der Waals surface area contributed by atoms with E-state index < -0.39 is 11.0 Å². The zero-order valence-corrected chi connectivity index (χ0v) is 10.3. The molecule has 1 saturated heterocycles. The Kier molecular flexibility index (Phi) is 3.84. The van der Waals surface area contributed by atoms with Crippen molar-refractivity contribution in [3.63, 3.8) is 0 Å². The van der Waals surface area contributed by atoms with Crippen LogP contribution < -0.4 is 10.2 Å². The lowest BCUT2D eigenvalue weighted by atomic mass is 10.1. The maximum atomic E-state index is 10.6. The molecular formula is C12H15N3O4. The summed E-state index contributed by atoms with van der Waals surface area (Å²) in [6.45, 7) is 2.04. The predicted molar refractivity (Wildman–Crippen MR) is 69.4 cm³/mol. The van der Waals surface area contributed by atoms with Gasteiger partial charge in [0.2, 0.25) is 0 Å². The number of hydrogen-bond acceptors (Lipinski definition) is 4. The molecule has 19 heavy (non-hydrogen) atoms. The number of nitrogens with one attached hydrogen (secondary N) is 1. The Bertz CT molecular complexity index is 474. The van der Waals surface area contributed by atoms with Gasteiger partial charge in [0.05, 0.1) is 4.92 Å². The number of non-ortho nitro benzene ring substituents is 1. The molecule has 0 aliphatic carbocycles. The summed E-state index contributed by atoms with van der Waals surface area (Å²) in [6, 6.07) is 6.42. The van der Waals surface area contributed by atoms with E-state index in [2.05, 4.69) is 10.2 Å². The maximum absolute atomic E-state index is 10.6. The predicted octanol–water partition coefficient (Wildman–Crippen LogP) is 1.69. The molecule has 0 aromatic heterocycles. The molecule has 1 aromatic rings. The van der Waals surface area contributed by atoms with E-state index in [0.717, 1.165) is 25.2 Å². The van der Waals surface area contributed by atoms with Crippen LogP contribution in [-0.4, -0.2) is 35.8 Å². The Morgan fingerprint density at radius 3 is 2.74 bits per heavy atom. The fourth-order valence-corrected chi connectivity index (χ4v) is 2.25. The van der Waals surface area contributed by atoms with Crippen LogP contribution in [-0.2, 0) is 0 Å². The molecule has 1 aliphatic heterocycles. The zero-order valence-electron chi connectivity index (χ0n) is 10.3. The molecule has 1 amide bonds. The third-order valence-corrected chi connectivity index (χ3v) is 3.25. The molecule has 0 bridgehead atoms. The van der Waals surface area contributed by atoms with E-state index in [1.807, 2.05) is 0 Å². The second kappa shape index (κ2) is 5.55. The third kappa shape index (κ3) is 3.34. The number of benzene rings is 1. The van der Waals surface area contributed by atoms with Crippen LogP contribution in [0.25, 0.3) is 0 Å². The van der Waals surface area contributed by atoms with E-state index in [0.29, 0.717) is 6.54 Å². The van der Waals surface area contributed by atoms with Gasteiger partial charge in [0.1, 0.15) is 0 Å². The first-order chi connectivity index (χ1) is 9.06. The van der Waals surface area contributed by atoms with Crippen LogP contribution in [0.4, 0.5) is 16.2 Å². The molecule has 1 atom stereocenters. The van der Waals surface area contributed by atoms with Gasteiger partial charge in [-0.05, 0) is 24.5 Å². The van der Waals surface area contributed by atoms with Crippen LogP contribution in [0.15, 0.2) is 24.3 Å². The standard InChI is InChI=1S/C12H15N3O4/c16-12(17)13-7-9-5-6-14(8-9)10-1-3-11(4-2-10)15(18)19/h1-4,9,13H,5-8H2,(H,16,17). The van der Waals surface area contributed by atoms with E-state index >= 15 is 0 Å². The number of amides is 1. The summed E-state index contributed by atoms with van der Waals surface area (Å²) in [5, 5.41) is 21.5. The van der Waals surface area contributed by atoms with Gasteiger partial charge in [-0.1, -0.05) is 0 Å². The first-order valence-corrected chi connectivity index (χ1v) is 6.02.